The van der Waals surface area contributed by atoms with Gasteiger partial charge in [0.2, 0.25) is 21.8 Å². The number of benzene rings is 1. The minimum absolute atomic E-state index is 0.0435. The number of nitrogens with zero attached hydrogens (tertiary/aromatic N) is 3. The van der Waals surface area contributed by atoms with Crippen LogP contribution in [0.3, 0.4) is 0 Å². The number of sulfonamides is 1. The lowest BCUT2D eigenvalue weighted by Crippen LogP contribution is -2.63. The fourth-order valence-corrected chi connectivity index (χ4v) is 5.61. The van der Waals surface area contributed by atoms with Crippen molar-refractivity contribution in [3.05, 3.63) is 60.2 Å². The summed E-state index contributed by atoms with van der Waals surface area (Å²) in [5.41, 5.74) is 0.308. The Bertz CT molecular complexity index is 1180. The summed E-state index contributed by atoms with van der Waals surface area (Å²) in [4.78, 5) is 43.5. The van der Waals surface area contributed by atoms with Gasteiger partial charge in [-0.3, -0.25) is 19.4 Å². The number of halogens is 1. The number of nitrogens with one attached hydrogen (secondary N) is 2. The number of hydrogen-bond donors (Lipinski definition) is 2. The summed E-state index contributed by atoms with van der Waals surface area (Å²) >= 11 is 0. The number of aromatic nitrogens is 1. The van der Waals surface area contributed by atoms with E-state index < -0.39 is 33.8 Å². The molecule has 0 aliphatic carbocycles. The number of rotatable bonds is 5. The predicted octanol–water partition coefficient (Wildman–Crippen LogP) is 0.131. The lowest BCUT2D eigenvalue weighted by atomic mass is 10.1. The van der Waals surface area contributed by atoms with Crippen LogP contribution < -0.4 is 10.6 Å². The first-order chi connectivity index (χ1) is 16.3. The fourth-order valence-electron chi connectivity index (χ4n) is 4.04. The third-order valence-corrected chi connectivity index (χ3v) is 7.77. The van der Waals surface area contributed by atoms with Crippen molar-refractivity contribution in [1.29, 1.82) is 0 Å². The summed E-state index contributed by atoms with van der Waals surface area (Å²) in [7, 11) is -4.19. The van der Waals surface area contributed by atoms with Crippen molar-refractivity contribution in [3.63, 3.8) is 0 Å². The Morgan fingerprint density at radius 1 is 1.15 bits per heavy atom. The van der Waals surface area contributed by atoms with Gasteiger partial charge in [0.05, 0.1) is 10.5 Å². The maximum atomic E-state index is 13.4. The van der Waals surface area contributed by atoms with E-state index in [2.05, 4.69) is 15.6 Å². The average Bonchev–Trinajstić information content (AvgIpc) is 2.85. The molecule has 1 aromatic heterocycles. The van der Waals surface area contributed by atoms with Gasteiger partial charge in [0, 0.05) is 38.6 Å². The highest BCUT2D eigenvalue weighted by Gasteiger charge is 2.42. The molecule has 34 heavy (non-hydrogen) atoms. The number of hydrogen-bond acceptors (Lipinski definition) is 6. The van der Waals surface area contributed by atoms with Crippen LogP contribution in [0.25, 0.3) is 0 Å². The Morgan fingerprint density at radius 3 is 2.59 bits per heavy atom. The van der Waals surface area contributed by atoms with Gasteiger partial charge in [0.1, 0.15) is 17.9 Å². The lowest BCUT2D eigenvalue weighted by molar-refractivity contribution is -0.132. The van der Waals surface area contributed by atoms with E-state index in [1.54, 1.807) is 12.1 Å². The smallest absolute Gasteiger partial charge is 0.255 e. The molecule has 12 heteroatoms. The molecular formula is C22H24FN5O5S. The lowest BCUT2D eigenvalue weighted by Gasteiger charge is -2.40. The average molecular weight is 490 g/mol. The molecular weight excluding hydrogens is 465 g/mol. The molecule has 3 amide bonds. The second-order valence-electron chi connectivity index (χ2n) is 8.07. The third-order valence-electron chi connectivity index (χ3n) is 5.85. The van der Waals surface area contributed by atoms with Crippen LogP contribution in [-0.4, -0.2) is 78.6 Å². The van der Waals surface area contributed by atoms with Crippen LogP contribution in [0.2, 0.25) is 0 Å². The van der Waals surface area contributed by atoms with Crippen LogP contribution in [-0.2, 0) is 19.6 Å². The summed E-state index contributed by atoms with van der Waals surface area (Å²) in [6, 6.07) is 5.42. The van der Waals surface area contributed by atoms with E-state index in [9.17, 15) is 27.2 Å². The van der Waals surface area contributed by atoms with Crippen molar-refractivity contribution in [2.75, 3.05) is 26.2 Å². The topological polar surface area (TPSA) is 129 Å². The summed E-state index contributed by atoms with van der Waals surface area (Å²) in [6.07, 6.45) is 4.01. The molecule has 1 aromatic carbocycles. The minimum atomic E-state index is -4.19. The van der Waals surface area contributed by atoms with Crippen molar-refractivity contribution < 1.29 is 27.2 Å². The molecule has 2 aliphatic heterocycles. The van der Waals surface area contributed by atoms with E-state index in [1.165, 1.54) is 17.3 Å². The number of carbonyl (C=O) groups is 3. The first-order valence-electron chi connectivity index (χ1n) is 10.8. The molecule has 0 bridgehead atoms. The van der Waals surface area contributed by atoms with E-state index in [0.29, 0.717) is 24.9 Å². The summed E-state index contributed by atoms with van der Waals surface area (Å²) < 4.78 is 41.1. The summed E-state index contributed by atoms with van der Waals surface area (Å²) in [5, 5.41) is 5.30. The number of piperazine rings is 1. The zero-order valence-corrected chi connectivity index (χ0v) is 19.0. The minimum Gasteiger partial charge on any atom is -0.354 e. The molecule has 0 unspecified atom stereocenters. The van der Waals surface area contributed by atoms with Crippen molar-refractivity contribution in [2.24, 2.45) is 0 Å². The number of carbonyl (C=O) groups excluding carboxylic acids is 3. The van der Waals surface area contributed by atoms with Crippen LogP contribution in [0.15, 0.2) is 53.7 Å². The quantitative estimate of drug-likeness (QED) is 0.615. The number of piperidine rings is 1. The highest BCUT2D eigenvalue weighted by molar-refractivity contribution is 7.89. The van der Waals surface area contributed by atoms with Crippen molar-refractivity contribution >= 4 is 27.7 Å². The Morgan fingerprint density at radius 2 is 1.91 bits per heavy atom. The predicted molar refractivity (Wildman–Crippen MR) is 118 cm³/mol. The monoisotopic (exact) mass is 489 g/mol. The first kappa shape index (κ1) is 23.8. The highest BCUT2D eigenvalue weighted by atomic mass is 32.2. The molecule has 2 saturated heterocycles. The molecule has 0 saturated carbocycles. The maximum Gasteiger partial charge on any atom is 0.255 e. The van der Waals surface area contributed by atoms with Crippen LogP contribution in [0.1, 0.15) is 23.2 Å². The van der Waals surface area contributed by atoms with Gasteiger partial charge in [-0.2, -0.15) is 4.31 Å². The van der Waals surface area contributed by atoms with E-state index in [0.717, 1.165) is 28.6 Å². The van der Waals surface area contributed by atoms with Gasteiger partial charge in [0.25, 0.3) is 5.91 Å². The Labute approximate surface area is 196 Å². The molecule has 0 spiro atoms. The van der Waals surface area contributed by atoms with Crippen LogP contribution in [0.5, 0.6) is 0 Å². The molecule has 2 aliphatic rings. The molecule has 2 aromatic rings. The van der Waals surface area contributed by atoms with Crippen molar-refractivity contribution in [3.8, 4) is 0 Å². The third kappa shape index (κ3) is 4.92. The number of pyridine rings is 1. The van der Waals surface area contributed by atoms with Gasteiger partial charge in [0.15, 0.2) is 0 Å². The Hall–Kier alpha value is -3.38. The van der Waals surface area contributed by atoms with Crippen molar-refractivity contribution in [2.45, 2.75) is 29.8 Å². The zero-order chi connectivity index (χ0) is 24.3. The normalized spacial score (nSPS) is 21.6. The van der Waals surface area contributed by atoms with Gasteiger partial charge in [-0.15, -0.1) is 0 Å². The largest absolute Gasteiger partial charge is 0.354 e. The van der Waals surface area contributed by atoms with Crippen LogP contribution >= 0.6 is 0 Å². The first-order valence-corrected chi connectivity index (χ1v) is 12.3. The second kappa shape index (κ2) is 9.85. The fraction of sp³-hybridized carbons (Fsp3) is 0.364. The summed E-state index contributed by atoms with van der Waals surface area (Å²) in [5.74, 6) is -2.01. The van der Waals surface area contributed by atoms with Crippen LogP contribution in [0, 0.1) is 5.82 Å². The second-order valence-corrected chi connectivity index (χ2v) is 9.96. The Kier molecular flexibility index (Phi) is 6.89. The van der Waals surface area contributed by atoms with Crippen LogP contribution in [0.4, 0.5) is 4.39 Å². The van der Waals surface area contributed by atoms with E-state index in [-0.39, 0.29) is 36.3 Å². The summed E-state index contributed by atoms with van der Waals surface area (Å²) in [6.45, 7) is 0.184. The molecule has 180 valence electrons. The van der Waals surface area contributed by atoms with Gasteiger partial charge in [-0.25, -0.2) is 12.8 Å². The van der Waals surface area contributed by atoms with E-state index in [1.807, 2.05) is 0 Å². The molecule has 2 N–H and O–H groups in total. The SMILES string of the molecule is O=C1NCCC[C@@H]1NC(=O)[C@H]1CN(C(=O)c2cccnc2)CCN1S(=O)(=O)c1ccc(F)cc1. The van der Waals surface area contributed by atoms with Gasteiger partial charge >= 0.3 is 0 Å². The molecule has 4 rings (SSSR count). The number of amides is 3. The van der Waals surface area contributed by atoms with Crippen molar-refractivity contribution in [1.82, 2.24) is 24.8 Å². The maximum absolute atomic E-state index is 13.4. The van der Waals surface area contributed by atoms with E-state index >= 15 is 0 Å². The highest BCUT2D eigenvalue weighted by Crippen LogP contribution is 2.23. The van der Waals surface area contributed by atoms with Gasteiger partial charge in [-0.1, -0.05) is 0 Å². The van der Waals surface area contributed by atoms with E-state index in [4.69, 9.17) is 0 Å². The standard InChI is InChI=1S/C22H24FN5O5S/c23-16-5-7-17(8-6-16)34(32,33)28-12-11-27(22(31)15-3-1-9-24-13-15)14-19(28)21(30)26-18-4-2-10-25-20(18)29/h1,3,5-9,13,18-19H,2,4,10-12,14H2,(H,25,29)(H,26,30)/t18-,19+/m0/s1. The van der Waals surface area contributed by atoms with Gasteiger partial charge < -0.3 is 15.5 Å². The molecule has 2 atom stereocenters. The molecule has 10 nitrogen and oxygen atoms in total. The Balaban J connectivity index is 1.62. The molecule has 2 fully saturated rings. The molecule has 0 radical (unpaired) electrons. The van der Waals surface area contributed by atoms with Gasteiger partial charge in [-0.05, 0) is 49.2 Å². The molecule has 3 heterocycles. The zero-order valence-electron chi connectivity index (χ0n) is 18.2.